The van der Waals surface area contributed by atoms with Crippen molar-refractivity contribution in [2.24, 2.45) is 5.92 Å². The third-order valence-corrected chi connectivity index (χ3v) is 4.84. The molecule has 1 amide bonds. The molecule has 0 spiro atoms. The van der Waals surface area contributed by atoms with Gasteiger partial charge in [-0.1, -0.05) is 18.6 Å². The number of likely N-dealkylation sites (tertiary alicyclic amines) is 1. The van der Waals surface area contributed by atoms with Crippen LogP contribution in [0.25, 0.3) is 0 Å². The number of piperidine rings is 1. The van der Waals surface area contributed by atoms with Gasteiger partial charge in [0.2, 0.25) is 5.91 Å². The lowest BCUT2D eigenvalue weighted by Crippen LogP contribution is -2.47. The SMILES string of the molecule is COc1cccc(CCN2C(=O)CC[C@H]3CCC[C@H]32)c1. The predicted molar refractivity (Wildman–Crippen MR) is 78.8 cm³/mol. The van der Waals surface area contributed by atoms with Crippen LogP contribution in [-0.2, 0) is 11.2 Å². The van der Waals surface area contributed by atoms with E-state index in [0.29, 0.717) is 11.9 Å². The van der Waals surface area contributed by atoms with Gasteiger partial charge in [-0.25, -0.2) is 0 Å². The van der Waals surface area contributed by atoms with Gasteiger partial charge < -0.3 is 9.64 Å². The number of hydrogen-bond acceptors (Lipinski definition) is 2. The Labute approximate surface area is 120 Å². The summed E-state index contributed by atoms with van der Waals surface area (Å²) in [5.74, 6) is 2.01. The van der Waals surface area contributed by atoms with Crippen LogP contribution in [0.4, 0.5) is 0 Å². The van der Waals surface area contributed by atoms with Gasteiger partial charge in [0.25, 0.3) is 0 Å². The maximum atomic E-state index is 12.2. The molecule has 3 rings (SSSR count). The fourth-order valence-corrected chi connectivity index (χ4v) is 3.77. The first-order chi connectivity index (χ1) is 9.78. The van der Waals surface area contributed by atoms with Gasteiger partial charge in [0.1, 0.15) is 5.75 Å². The summed E-state index contributed by atoms with van der Waals surface area (Å²) in [5, 5.41) is 0. The van der Waals surface area contributed by atoms with Gasteiger partial charge in [-0.3, -0.25) is 4.79 Å². The Morgan fingerprint density at radius 1 is 1.30 bits per heavy atom. The van der Waals surface area contributed by atoms with E-state index >= 15 is 0 Å². The first kappa shape index (κ1) is 13.5. The van der Waals surface area contributed by atoms with Gasteiger partial charge in [-0.2, -0.15) is 0 Å². The van der Waals surface area contributed by atoms with Crippen molar-refractivity contribution < 1.29 is 9.53 Å². The molecule has 2 atom stereocenters. The van der Waals surface area contributed by atoms with E-state index in [0.717, 1.165) is 37.5 Å². The van der Waals surface area contributed by atoms with Gasteiger partial charge in [-0.15, -0.1) is 0 Å². The number of nitrogens with zero attached hydrogens (tertiary/aromatic N) is 1. The number of ether oxygens (including phenoxy) is 1. The largest absolute Gasteiger partial charge is 0.497 e. The summed E-state index contributed by atoms with van der Waals surface area (Å²) < 4.78 is 5.26. The third kappa shape index (κ3) is 2.67. The van der Waals surface area contributed by atoms with Crippen molar-refractivity contribution in [3.63, 3.8) is 0 Å². The number of benzene rings is 1. The van der Waals surface area contributed by atoms with Crippen molar-refractivity contribution in [3.05, 3.63) is 29.8 Å². The van der Waals surface area contributed by atoms with Crippen LogP contribution >= 0.6 is 0 Å². The summed E-state index contributed by atoms with van der Waals surface area (Å²) in [6.45, 7) is 0.854. The monoisotopic (exact) mass is 273 g/mol. The van der Waals surface area contributed by atoms with Crippen LogP contribution in [0.2, 0.25) is 0 Å². The number of carbonyl (C=O) groups excluding carboxylic acids is 1. The van der Waals surface area contributed by atoms with Crippen molar-refractivity contribution in [1.82, 2.24) is 4.90 Å². The summed E-state index contributed by atoms with van der Waals surface area (Å²) in [7, 11) is 1.69. The minimum absolute atomic E-state index is 0.357. The van der Waals surface area contributed by atoms with E-state index in [1.807, 2.05) is 12.1 Å². The third-order valence-electron chi connectivity index (χ3n) is 4.84. The molecule has 1 saturated heterocycles. The summed E-state index contributed by atoms with van der Waals surface area (Å²) >= 11 is 0. The molecule has 1 aliphatic carbocycles. The maximum absolute atomic E-state index is 12.2. The highest BCUT2D eigenvalue weighted by Gasteiger charge is 2.38. The van der Waals surface area contributed by atoms with Crippen LogP contribution in [0.1, 0.15) is 37.7 Å². The summed E-state index contributed by atoms with van der Waals surface area (Å²) in [6, 6.07) is 8.68. The molecule has 0 N–H and O–H groups in total. The molecular weight excluding hydrogens is 250 g/mol. The van der Waals surface area contributed by atoms with Gasteiger partial charge >= 0.3 is 0 Å². The Morgan fingerprint density at radius 3 is 3.05 bits per heavy atom. The molecule has 3 nitrogen and oxygen atoms in total. The van der Waals surface area contributed by atoms with Gasteiger partial charge in [0.05, 0.1) is 7.11 Å². The molecule has 2 fully saturated rings. The molecule has 2 aliphatic rings. The molecule has 108 valence electrons. The number of amides is 1. The first-order valence-electron chi connectivity index (χ1n) is 7.70. The maximum Gasteiger partial charge on any atom is 0.222 e. The highest BCUT2D eigenvalue weighted by molar-refractivity contribution is 5.77. The summed E-state index contributed by atoms with van der Waals surface area (Å²) in [4.78, 5) is 14.3. The van der Waals surface area contributed by atoms with Crippen LogP contribution < -0.4 is 4.74 Å². The molecule has 20 heavy (non-hydrogen) atoms. The van der Waals surface area contributed by atoms with E-state index < -0.39 is 0 Å². The number of hydrogen-bond donors (Lipinski definition) is 0. The quantitative estimate of drug-likeness (QED) is 0.844. The second-order valence-corrected chi connectivity index (χ2v) is 5.99. The zero-order valence-electron chi connectivity index (χ0n) is 12.2. The molecule has 0 bridgehead atoms. The molecule has 1 aromatic carbocycles. The Bertz CT molecular complexity index is 486. The first-order valence-corrected chi connectivity index (χ1v) is 7.70. The summed E-state index contributed by atoms with van der Waals surface area (Å²) in [5.41, 5.74) is 1.25. The standard InChI is InChI=1S/C17H23NO2/c1-20-15-6-2-4-13(12-15)10-11-18-16-7-3-5-14(16)8-9-17(18)19/h2,4,6,12,14,16H,3,5,7-11H2,1H3/t14-,16-/m1/s1. The molecule has 0 radical (unpaired) electrons. The van der Waals surface area contributed by atoms with Gasteiger partial charge in [0.15, 0.2) is 0 Å². The zero-order valence-corrected chi connectivity index (χ0v) is 12.2. The average molecular weight is 273 g/mol. The summed E-state index contributed by atoms with van der Waals surface area (Å²) in [6.07, 6.45) is 6.59. The van der Waals surface area contributed by atoms with E-state index in [1.165, 1.54) is 24.8 Å². The highest BCUT2D eigenvalue weighted by Crippen LogP contribution is 2.37. The van der Waals surface area contributed by atoms with Crippen LogP contribution in [-0.4, -0.2) is 30.5 Å². The average Bonchev–Trinajstić information content (AvgIpc) is 2.95. The second kappa shape index (κ2) is 5.86. The fraction of sp³-hybridized carbons (Fsp3) is 0.588. The van der Waals surface area contributed by atoms with Crippen molar-refractivity contribution in [1.29, 1.82) is 0 Å². The van der Waals surface area contributed by atoms with Crippen LogP contribution in [0.5, 0.6) is 5.75 Å². The predicted octanol–water partition coefficient (Wildman–Crippen LogP) is 3.03. The molecule has 1 aliphatic heterocycles. The Balaban J connectivity index is 1.65. The van der Waals surface area contributed by atoms with Crippen molar-refractivity contribution in [2.75, 3.05) is 13.7 Å². The van der Waals surface area contributed by atoms with E-state index in [4.69, 9.17) is 4.74 Å². The molecular formula is C17H23NO2. The van der Waals surface area contributed by atoms with E-state index in [2.05, 4.69) is 17.0 Å². The number of methoxy groups -OCH3 is 1. The molecule has 1 aromatic rings. The minimum Gasteiger partial charge on any atom is -0.497 e. The van der Waals surface area contributed by atoms with Crippen molar-refractivity contribution in [2.45, 2.75) is 44.6 Å². The molecule has 0 unspecified atom stereocenters. The second-order valence-electron chi connectivity index (χ2n) is 5.99. The van der Waals surface area contributed by atoms with Crippen molar-refractivity contribution >= 4 is 5.91 Å². The number of carbonyl (C=O) groups is 1. The Morgan fingerprint density at radius 2 is 2.20 bits per heavy atom. The molecule has 1 saturated carbocycles. The van der Waals surface area contributed by atoms with Crippen LogP contribution in [0.3, 0.4) is 0 Å². The van der Waals surface area contributed by atoms with E-state index in [9.17, 15) is 4.79 Å². The number of fused-ring (bicyclic) bond motifs is 1. The van der Waals surface area contributed by atoms with E-state index in [-0.39, 0.29) is 0 Å². The Kier molecular flexibility index (Phi) is 3.95. The molecule has 1 heterocycles. The Hall–Kier alpha value is -1.51. The number of rotatable bonds is 4. The molecule has 0 aromatic heterocycles. The topological polar surface area (TPSA) is 29.5 Å². The fourth-order valence-electron chi connectivity index (χ4n) is 3.77. The van der Waals surface area contributed by atoms with Gasteiger partial charge in [0, 0.05) is 19.0 Å². The zero-order chi connectivity index (χ0) is 13.9. The lowest BCUT2D eigenvalue weighted by Gasteiger charge is -2.37. The normalized spacial score (nSPS) is 25.6. The molecule has 3 heteroatoms. The van der Waals surface area contributed by atoms with Crippen LogP contribution in [0.15, 0.2) is 24.3 Å². The lowest BCUT2D eigenvalue weighted by atomic mass is 9.91. The van der Waals surface area contributed by atoms with Crippen LogP contribution in [0, 0.1) is 5.92 Å². The van der Waals surface area contributed by atoms with Gasteiger partial charge in [-0.05, 0) is 49.3 Å². The smallest absolute Gasteiger partial charge is 0.222 e. The van der Waals surface area contributed by atoms with E-state index in [1.54, 1.807) is 7.11 Å². The van der Waals surface area contributed by atoms with Crippen molar-refractivity contribution in [3.8, 4) is 5.75 Å². The highest BCUT2D eigenvalue weighted by atomic mass is 16.5. The minimum atomic E-state index is 0.357. The lowest BCUT2D eigenvalue weighted by molar-refractivity contribution is -0.137.